The van der Waals surface area contributed by atoms with Crippen molar-refractivity contribution in [2.45, 2.75) is 25.7 Å². The summed E-state index contributed by atoms with van der Waals surface area (Å²) in [6, 6.07) is 39.7. The molecule has 0 aliphatic carbocycles. The summed E-state index contributed by atoms with van der Waals surface area (Å²) in [5.41, 5.74) is 3.12. The predicted molar refractivity (Wildman–Crippen MR) is 164 cm³/mol. The average molecular weight is 574 g/mol. The van der Waals surface area contributed by atoms with Crippen molar-refractivity contribution in [3.8, 4) is 23.0 Å². The van der Waals surface area contributed by atoms with Crippen LogP contribution in [0.2, 0.25) is 0 Å². The van der Waals surface area contributed by atoms with Crippen LogP contribution in [-0.2, 0) is 24.4 Å². The smallest absolute Gasteiger partial charge is 0.326 e. The van der Waals surface area contributed by atoms with Gasteiger partial charge in [-0.3, -0.25) is 4.79 Å². The monoisotopic (exact) mass is 573 g/mol. The molecule has 0 aliphatic heterocycles. The van der Waals surface area contributed by atoms with Gasteiger partial charge in [-0.2, -0.15) is 0 Å². The third kappa shape index (κ3) is 8.71. The summed E-state index contributed by atoms with van der Waals surface area (Å²) in [7, 11) is 0. The van der Waals surface area contributed by atoms with Crippen LogP contribution in [0.4, 0.5) is 0 Å². The minimum atomic E-state index is -1.11. The zero-order valence-electron chi connectivity index (χ0n) is 23.4. The number of benzene rings is 5. The van der Waals surface area contributed by atoms with Crippen molar-refractivity contribution < 1.29 is 28.9 Å². The van der Waals surface area contributed by atoms with Crippen molar-refractivity contribution in [2.75, 3.05) is 0 Å². The number of carboxylic acids is 1. The molecular formula is C36H31NO6. The van der Waals surface area contributed by atoms with E-state index in [0.717, 1.165) is 28.2 Å². The largest absolute Gasteiger partial charge is 0.489 e. The second-order valence-corrected chi connectivity index (χ2v) is 9.86. The Morgan fingerprint density at radius 1 is 0.558 bits per heavy atom. The summed E-state index contributed by atoms with van der Waals surface area (Å²) in [4.78, 5) is 24.7. The highest BCUT2D eigenvalue weighted by Gasteiger charge is 2.21. The van der Waals surface area contributed by atoms with Gasteiger partial charge in [0, 0.05) is 12.0 Å². The molecule has 0 saturated carbocycles. The Bertz CT molecular complexity index is 1600. The van der Waals surface area contributed by atoms with E-state index >= 15 is 0 Å². The molecule has 43 heavy (non-hydrogen) atoms. The fourth-order valence-corrected chi connectivity index (χ4v) is 4.29. The summed E-state index contributed by atoms with van der Waals surface area (Å²) in [5.74, 6) is 1.18. The fourth-order valence-electron chi connectivity index (χ4n) is 4.29. The Morgan fingerprint density at radius 3 is 1.60 bits per heavy atom. The lowest BCUT2D eigenvalue weighted by Crippen LogP contribution is -2.42. The van der Waals surface area contributed by atoms with Gasteiger partial charge in [0.25, 0.3) is 5.91 Å². The lowest BCUT2D eigenvalue weighted by molar-refractivity contribution is -0.139. The zero-order chi connectivity index (χ0) is 29.9. The van der Waals surface area contributed by atoms with Gasteiger partial charge in [-0.1, -0.05) is 72.8 Å². The fraction of sp³-hybridized carbons (Fsp3) is 0.111. The first-order chi connectivity index (χ1) is 21.0. The van der Waals surface area contributed by atoms with E-state index in [-0.39, 0.29) is 6.42 Å². The number of amides is 1. The van der Waals surface area contributed by atoms with Gasteiger partial charge in [0.15, 0.2) is 0 Å². The third-order valence-electron chi connectivity index (χ3n) is 6.64. The molecule has 0 unspecified atom stereocenters. The third-order valence-corrected chi connectivity index (χ3v) is 6.64. The number of aliphatic carboxylic acids is 1. The number of ether oxygens (including phenoxy) is 3. The molecule has 0 fully saturated rings. The van der Waals surface area contributed by atoms with Crippen molar-refractivity contribution in [1.82, 2.24) is 5.32 Å². The molecule has 5 aromatic rings. The first-order valence-corrected chi connectivity index (χ1v) is 13.9. The van der Waals surface area contributed by atoms with Crippen LogP contribution in [0, 0.1) is 0 Å². The number of para-hydroxylation sites is 1. The molecule has 0 saturated heterocycles. The Kier molecular flexibility index (Phi) is 9.67. The highest BCUT2D eigenvalue weighted by atomic mass is 16.5. The molecule has 0 spiro atoms. The van der Waals surface area contributed by atoms with Crippen molar-refractivity contribution >= 4 is 11.9 Å². The van der Waals surface area contributed by atoms with Gasteiger partial charge >= 0.3 is 5.97 Å². The number of hydrogen-bond acceptors (Lipinski definition) is 5. The van der Waals surface area contributed by atoms with E-state index in [1.54, 1.807) is 48.5 Å². The average Bonchev–Trinajstić information content (AvgIpc) is 3.05. The van der Waals surface area contributed by atoms with Gasteiger partial charge in [0.05, 0.1) is 0 Å². The topological polar surface area (TPSA) is 94.1 Å². The summed E-state index contributed by atoms with van der Waals surface area (Å²) in [6.07, 6.45) is 0.135. The minimum absolute atomic E-state index is 0.135. The maximum Gasteiger partial charge on any atom is 0.326 e. The zero-order valence-corrected chi connectivity index (χ0v) is 23.4. The molecule has 0 aromatic heterocycles. The normalized spacial score (nSPS) is 11.3. The first-order valence-electron chi connectivity index (χ1n) is 13.9. The van der Waals surface area contributed by atoms with Crippen molar-refractivity contribution in [2.24, 2.45) is 0 Å². The number of hydrogen-bond donors (Lipinski definition) is 2. The molecule has 5 aromatic carbocycles. The molecular weight excluding hydrogens is 542 g/mol. The lowest BCUT2D eigenvalue weighted by atomic mass is 10.1. The van der Waals surface area contributed by atoms with Crippen LogP contribution in [0.5, 0.6) is 23.0 Å². The summed E-state index contributed by atoms with van der Waals surface area (Å²) < 4.78 is 17.5. The number of carboxylic acid groups (broad SMARTS) is 1. The quantitative estimate of drug-likeness (QED) is 0.157. The number of carbonyl (C=O) groups excluding carboxylic acids is 1. The first kappa shape index (κ1) is 29.0. The minimum Gasteiger partial charge on any atom is -0.489 e. The molecule has 0 radical (unpaired) electrons. The van der Waals surface area contributed by atoms with E-state index in [0.29, 0.717) is 30.3 Å². The molecule has 5 rings (SSSR count). The van der Waals surface area contributed by atoms with Gasteiger partial charge in [-0.05, 0) is 77.4 Å². The van der Waals surface area contributed by atoms with Crippen LogP contribution in [0.25, 0.3) is 0 Å². The van der Waals surface area contributed by atoms with Crippen LogP contribution in [0.15, 0.2) is 133 Å². The second kappa shape index (κ2) is 14.4. The molecule has 0 heterocycles. The highest BCUT2D eigenvalue weighted by Crippen LogP contribution is 2.22. The molecule has 0 bridgehead atoms. The Morgan fingerprint density at radius 2 is 1.02 bits per heavy atom. The van der Waals surface area contributed by atoms with Crippen molar-refractivity contribution in [3.05, 3.63) is 156 Å². The molecule has 1 atom stereocenters. The molecule has 0 aliphatic rings. The van der Waals surface area contributed by atoms with E-state index in [4.69, 9.17) is 14.2 Å². The Labute approximate surface area is 250 Å². The molecule has 216 valence electrons. The van der Waals surface area contributed by atoms with E-state index in [9.17, 15) is 14.7 Å². The number of nitrogens with one attached hydrogen (secondary N) is 1. The lowest BCUT2D eigenvalue weighted by Gasteiger charge is -2.15. The van der Waals surface area contributed by atoms with Gasteiger partial charge in [0.1, 0.15) is 42.3 Å². The van der Waals surface area contributed by atoms with Crippen LogP contribution in [0.3, 0.4) is 0 Å². The van der Waals surface area contributed by atoms with Crippen LogP contribution < -0.4 is 19.5 Å². The van der Waals surface area contributed by atoms with Gasteiger partial charge < -0.3 is 24.6 Å². The van der Waals surface area contributed by atoms with Crippen LogP contribution in [-0.4, -0.2) is 23.0 Å². The summed E-state index contributed by atoms with van der Waals surface area (Å²) in [6.45, 7) is 0.782. The Balaban J connectivity index is 1.10. The van der Waals surface area contributed by atoms with E-state index < -0.39 is 17.9 Å². The molecule has 1 amide bonds. The molecule has 7 nitrogen and oxygen atoms in total. The Hall–Kier alpha value is -5.56. The number of rotatable bonds is 13. The maximum absolute atomic E-state index is 12.8. The maximum atomic E-state index is 12.8. The molecule has 2 N–H and O–H groups in total. The van der Waals surface area contributed by atoms with Gasteiger partial charge in [-0.15, -0.1) is 0 Å². The standard InChI is InChI=1S/C36H31NO6/c38-35(37-34(36(39)40)23-26-11-17-30(18-12-26)41-24-27-7-3-1-4-8-27)29-15-21-31(22-16-29)42-25-28-13-19-33(20-14-28)43-32-9-5-2-6-10-32/h1-22,34H,23-25H2,(H,37,38)(H,39,40)/t34-/m0/s1. The summed E-state index contributed by atoms with van der Waals surface area (Å²) in [5, 5.41) is 12.4. The highest BCUT2D eigenvalue weighted by molar-refractivity contribution is 5.96. The van der Waals surface area contributed by atoms with E-state index in [1.807, 2.05) is 84.9 Å². The van der Waals surface area contributed by atoms with E-state index in [1.165, 1.54) is 0 Å². The molecule has 7 heteroatoms. The summed E-state index contributed by atoms with van der Waals surface area (Å²) >= 11 is 0. The van der Waals surface area contributed by atoms with Crippen LogP contribution in [0.1, 0.15) is 27.0 Å². The predicted octanol–water partition coefficient (Wildman–Crippen LogP) is 7.06. The van der Waals surface area contributed by atoms with Gasteiger partial charge in [0.2, 0.25) is 0 Å². The van der Waals surface area contributed by atoms with Gasteiger partial charge in [-0.25, -0.2) is 4.79 Å². The SMILES string of the molecule is O=C(N[C@@H](Cc1ccc(OCc2ccccc2)cc1)C(=O)O)c1ccc(OCc2ccc(Oc3ccccc3)cc2)cc1. The number of carbonyl (C=O) groups is 2. The van der Waals surface area contributed by atoms with Crippen LogP contribution >= 0.6 is 0 Å². The second-order valence-electron chi connectivity index (χ2n) is 9.86. The van der Waals surface area contributed by atoms with Crippen molar-refractivity contribution in [1.29, 1.82) is 0 Å². The van der Waals surface area contributed by atoms with E-state index in [2.05, 4.69) is 5.32 Å². The van der Waals surface area contributed by atoms with Crippen molar-refractivity contribution in [3.63, 3.8) is 0 Å².